The van der Waals surface area contributed by atoms with Crippen molar-refractivity contribution in [2.75, 3.05) is 37.6 Å². The van der Waals surface area contributed by atoms with Gasteiger partial charge in [-0.25, -0.2) is 9.18 Å². The van der Waals surface area contributed by atoms with Crippen LogP contribution in [-0.2, 0) is 0 Å². The van der Waals surface area contributed by atoms with E-state index in [4.69, 9.17) is 0 Å². The van der Waals surface area contributed by atoms with Gasteiger partial charge in [-0.2, -0.15) is 0 Å². The molecule has 4 rings (SSSR count). The summed E-state index contributed by atoms with van der Waals surface area (Å²) in [6.07, 6.45) is 3.30. The van der Waals surface area contributed by atoms with Crippen molar-refractivity contribution < 1.29 is 14.3 Å². The molecule has 1 aliphatic carbocycles. The van der Waals surface area contributed by atoms with Crippen molar-refractivity contribution in [3.05, 3.63) is 39.9 Å². The SMILES string of the molecule is CCN1CCN(c2cc3c(cc2F)c(=O)c(C(=O)O)cn3C2CC2)CC1.[NaH]. The molecule has 0 bridgehead atoms. The molecule has 140 valence electrons. The molecule has 1 saturated carbocycles. The zero-order chi connectivity index (χ0) is 18.4. The number of aromatic carboxylic acids is 1. The Labute approximate surface area is 178 Å². The molecule has 1 saturated heterocycles. The van der Waals surface area contributed by atoms with Crippen molar-refractivity contribution >= 4 is 52.1 Å². The number of hydrogen-bond donors (Lipinski definition) is 1. The molecule has 1 aromatic carbocycles. The van der Waals surface area contributed by atoms with Gasteiger partial charge in [-0.15, -0.1) is 0 Å². The third kappa shape index (κ3) is 3.78. The van der Waals surface area contributed by atoms with Crippen LogP contribution in [0, 0.1) is 5.82 Å². The first kappa shape index (κ1) is 20.3. The summed E-state index contributed by atoms with van der Waals surface area (Å²) >= 11 is 0. The van der Waals surface area contributed by atoms with Gasteiger partial charge in [0.05, 0.1) is 11.2 Å². The number of rotatable bonds is 4. The Morgan fingerprint density at radius 2 is 1.89 bits per heavy atom. The standard InChI is InChI=1S/C19H22FN3O3.Na.H/c1-2-21-5-7-22(8-6-21)17-10-16-13(9-15(17)20)18(24)14(19(25)26)11-23(16)12-3-4-12;;/h9-12H,2-8H2,1H3,(H,25,26);;. The molecular formula is C19H23FN3NaO3. The van der Waals surface area contributed by atoms with E-state index in [1.54, 1.807) is 6.07 Å². The minimum absolute atomic E-state index is 0. The second kappa shape index (κ2) is 7.91. The molecule has 8 heteroatoms. The maximum absolute atomic E-state index is 14.8. The van der Waals surface area contributed by atoms with Gasteiger partial charge in [0, 0.05) is 43.8 Å². The quantitative estimate of drug-likeness (QED) is 0.814. The number of pyridine rings is 1. The fourth-order valence-electron chi connectivity index (χ4n) is 3.71. The molecule has 1 aromatic heterocycles. The van der Waals surface area contributed by atoms with Crippen molar-refractivity contribution in [3.8, 4) is 0 Å². The van der Waals surface area contributed by atoms with Crippen LogP contribution in [0.15, 0.2) is 23.1 Å². The van der Waals surface area contributed by atoms with Crippen LogP contribution in [0.2, 0.25) is 0 Å². The van der Waals surface area contributed by atoms with E-state index in [1.165, 1.54) is 12.3 Å². The Balaban J connectivity index is 0.00000210. The van der Waals surface area contributed by atoms with Crippen molar-refractivity contribution in [2.24, 2.45) is 0 Å². The fraction of sp³-hybridized carbons (Fsp3) is 0.474. The number of hydrogen-bond acceptors (Lipinski definition) is 4. The molecule has 1 N–H and O–H groups in total. The van der Waals surface area contributed by atoms with Crippen molar-refractivity contribution in [2.45, 2.75) is 25.8 Å². The summed E-state index contributed by atoms with van der Waals surface area (Å²) in [5.74, 6) is -1.74. The number of piperazine rings is 1. The van der Waals surface area contributed by atoms with Crippen LogP contribution in [0.5, 0.6) is 0 Å². The predicted molar refractivity (Wildman–Crippen MR) is 105 cm³/mol. The summed E-state index contributed by atoms with van der Waals surface area (Å²) in [7, 11) is 0. The van der Waals surface area contributed by atoms with E-state index < -0.39 is 17.2 Å². The first-order valence-corrected chi connectivity index (χ1v) is 9.08. The summed E-state index contributed by atoms with van der Waals surface area (Å²) in [4.78, 5) is 28.2. The zero-order valence-electron chi connectivity index (χ0n) is 14.7. The van der Waals surface area contributed by atoms with Crippen LogP contribution >= 0.6 is 0 Å². The molecule has 0 unspecified atom stereocenters. The normalized spacial score (nSPS) is 17.8. The molecule has 2 aromatic rings. The summed E-state index contributed by atoms with van der Waals surface area (Å²) in [6, 6.07) is 3.12. The van der Waals surface area contributed by atoms with Gasteiger partial charge in [0.1, 0.15) is 11.4 Å². The molecule has 2 aliphatic rings. The van der Waals surface area contributed by atoms with E-state index >= 15 is 0 Å². The number of carboxylic acid groups (broad SMARTS) is 1. The van der Waals surface area contributed by atoms with Gasteiger partial charge < -0.3 is 19.5 Å². The molecule has 0 amide bonds. The summed E-state index contributed by atoms with van der Waals surface area (Å²) < 4.78 is 16.6. The fourth-order valence-corrected chi connectivity index (χ4v) is 3.71. The second-order valence-corrected chi connectivity index (χ2v) is 7.06. The maximum atomic E-state index is 14.8. The van der Waals surface area contributed by atoms with Gasteiger partial charge in [0.15, 0.2) is 0 Å². The van der Waals surface area contributed by atoms with Crippen molar-refractivity contribution in [1.82, 2.24) is 9.47 Å². The third-order valence-corrected chi connectivity index (χ3v) is 5.43. The molecular weight excluding hydrogens is 360 g/mol. The van der Waals surface area contributed by atoms with E-state index in [-0.39, 0.29) is 46.5 Å². The van der Waals surface area contributed by atoms with Gasteiger partial charge in [-0.1, -0.05) is 6.92 Å². The number of anilines is 1. The Kier molecular flexibility index (Phi) is 5.96. The molecule has 1 aliphatic heterocycles. The molecule has 0 spiro atoms. The van der Waals surface area contributed by atoms with Crippen LogP contribution in [0.4, 0.5) is 10.1 Å². The van der Waals surface area contributed by atoms with E-state index in [0.717, 1.165) is 45.6 Å². The third-order valence-electron chi connectivity index (χ3n) is 5.43. The number of benzene rings is 1. The molecule has 0 radical (unpaired) electrons. The number of aromatic nitrogens is 1. The number of halogens is 1. The van der Waals surface area contributed by atoms with Crippen LogP contribution in [0.1, 0.15) is 36.2 Å². The van der Waals surface area contributed by atoms with Crippen molar-refractivity contribution in [3.63, 3.8) is 0 Å². The van der Waals surface area contributed by atoms with Crippen LogP contribution in [0.3, 0.4) is 0 Å². The number of carbonyl (C=O) groups is 1. The topological polar surface area (TPSA) is 65.8 Å². The average molecular weight is 383 g/mol. The van der Waals surface area contributed by atoms with E-state index in [2.05, 4.69) is 11.8 Å². The first-order chi connectivity index (χ1) is 12.5. The molecule has 6 nitrogen and oxygen atoms in total. The molecule has 0 atom stereocenters. The Hall–Kier alpha value is -1.41. The van der Waals surface area contributed by atoms with Crippen LogP contribution in [0.25, 0.3) is 10.9 Å². The number of likely N-dealkylation sites (N-methyl/N-ethyl adjacent to an activating group) is 1. The summed E-state index contributed by atoms with van der Waals surface area (Å²) in [5, 5.41) is 9.45. The summed E-state index contributed by atoms with van der Waals surface area (Å²) in [6.45, 7) is 6.31. The number of nitrogens with zero attached hydrogens (tertiary/aromatic N) is 3. The van der Waals surface area contributed by atoms with Gasteiger partial charge in [0.2, 0.25) is 5.43 Å². The number of fused-ring (bicyclic) bond motifs is 1. The van der Waals surface area contributed by atoms with E-state index in [0.29, 0.717) is 11.2 Å². The van der Waals surface area contributed by atoms with Gasteiger partial charge >= 0.3 is 35.5 Å². The van der Waals surface area contributed by atoms with Gasteiger partial charge in [-0.3, -0.25) is 4.79 Å². The minimum atomic E-state index is -1.27. The predicted octanol–water partition coefficient (Wildman–Crippen LogP) is 1.67. The number of carboxylic acids is 1. The molecule has 2 heterocycles. The zero-order valence-corrected chi connectivity index (χ0v) is 14.7. The summed E-state index contributed by atoms with van der Waals surface area (Å²) in [5.41, 5.74) is 0.195. The first-order valence-electron chi connectivity index (χ1n) is 9.08. The monoisotopic (exact) mass is 383 g/mol. The average Bonchev–Trinajstić information content (AvgIpc) is 3.47. The van der Waals surface area contributed by atoms with Gasteiger partial charge in [0.25, 0.3) is 0 Å². The van der Waals surface area contributed by atoms with Crippen LogP contribution < -0.4 is 10.3 Å². The Bertz CT molecular complexity index is 934. The molecule has 27 heavy (non-hydrogen) atoms. The van der Waals surface area contributed by atoms with E-state index in [1.807, 2.05) is 9.47 Å². The Morgan fingerprint density at radius 3 is 2.44 bits per heavy atom. The van der Waals surface area contributed by atoms with E-state index in [9.17, 15) is 19.1 Å². The Morgan fingerprint density at radius 1 is 1.22 bits per heavy atom. The molecule has 2 fully saturated rings. The van der Waals surface area contributed by atoms with Crippen molar-refractivity contribution in [1.29, 1.82) is 0 Å². The second-order valence-electron chi connectivity index (χ2n) is 7.06. The van der Waals surface area contributed by atoms with Gasteiger partial charge in [-0.05, 0) is 31.5 Å². The van der Waals surface area contributed by atoms with Crippen LogP contribution in [-0.4, -0.2) is 82.8 Å².